The number of nitrogens with one attached hydrogen (secondary N) is 2. The monoisotopic (exact) mass is 295 g/mol. The summed E-state index contributed by atoms with van der Waals surface area (Å²) in [4.78, 5) is 37.1. The van der Waals surface area contributed by atoms with Crippen LogP contribution in [-0.2, 0) is 11.3 Å². The van der Waals surface area contributed by atoms with Gasteiger partial charge in [-0.3, -0.25) is 19.1 Å². The molecule has 0 aliphatic heterocycles. The van der Waals surface area contributed by atoms with Crippen LogP contribution in [0, 0.1) is 12.8 Å². The van der Waals surface area contributed by atoms with Gasteiger partial charge in [-0.15, -0.1) is 0 Å². The molecule has 3 N–H and O–H groups in total. The molecule has 7 heteroatoms. The predicted octanol–water partition coefficient (Wildman–Crippen LogP) is -0.489. The molecule has 0 radical (unpaired) electrons. The Balaban J connectivity index is 1.99. The number of rotatable bonds is 5. The summed E-state index contributed by atoms with van der Waals surface area (Å²) in [6, 6.07) is 0.0143. The first-order valence-corrected chi connectivity index (χ1v) is 7.18. The van der Waals surface area contributed by atoms with Gasteiger partial charge in [-0.1, -0.05) is 6.92 Å². The molecule has 0 unspecified atom stereocenters. The minimum atomic E-state index is -0.590. The number of carbonyl (C=O) groups is 1. The van der Waals surface area contributed by atoms with Crippen molar-refractivity contribution >= 4 is 5.91 Å². The summed E-state index contributed by atoms with van der Waals surface area (Å²) >= 11 is 0. The van der Waals surface area contributed by atoms with Crippen molar-refractivity contribution in [2.24, 2.45) is 5.92 Å². The minimum Gasteiger partial charge on any atom is -0.393 e. The molecule has 116 valence electrons. The van der Waals surface area contributed by atoms with Gasteiger partial charge >= 0.3 is 5.69 Å². The molecule has 1 aliphatic carbocycles. The summed E-state index contributed by atoms with van der Waals surface area (Å²) < 4.78 is 1.19. The molecule has 1 atom stereocenters. The minimum absolute atomic E-state index is 0.0143. The van der Waals surface area contributed by atoms with E-state index in [1.54, 1.807) is 6.92 Å². The molecule has 2 rings (SSSR count). The van der Waals surface area contributed by atoms with Crippen molar-refractivity contribution in [3.63, 3.8) is 0 Å². The van der Waals surface area contributed by atoms with Gasteiger partial charge in [-0.2, -0.15) is 0 Å². The summed E-state index contributed by atoms with van der Waals surface area (Å²) in [7, 11) is 0. The predicted molar refractivity (Wildman–Crippen MR) is 77.0 cm³/mol. The number of aliphatic hydroxyl groups is 1. The van der Waals surface area contributed by atoms with Crippen molar-refractivity contribution in [1.82, 2.24) is 14.9 Å². The van der Waals surface area contributed by atoms with Gasteiger partial charge in [0.1, 0.15) is 6.54 Å². The quantitative estimate of drug-likeness (QED) is 0.682. The fraction of sp³-hybridized carbons (Fsp3) is 0.643. The third-order valence-corrected chi connectivity index (χ3v) is 4.01. The molecule has 1 amide bonds. The molecular formula is C14H21N3O4. The zero-order chi connectivity index (χ0) is 15.6. The highest BCUT2D eigenvalue weighted by Gasteiger charge is 2.33. The smallest absolute Gasteiger partial charge is 0.328 e. The molecule has 21 heavy (non-hydrogen) atoms. The summed E-state index contributed by atoms with van der Waals surface area (Å²) in [5.74, 6) is 0.0276. The van der Waals surface area contributed by atoms with E-state index in [2.05, 4.69) is 10.3 Å². The van der Waals surface area contributed by atoms with E-state index in [1.807, 2.05) is 6.92 Å². The van der Waals surface area contributed by atoms with Crippen LogP contribution in [0.15, 0.2) is 15.8 Å². The second-order valence-corrected chi connectivity index (χ2v) is 5.67. The lowest BCUT2D eigenvalue weighted by atomic mass is 9.76. The molecule has 1 aromatic heterocycles. The zero-order valence-corrected chi connectivity index (χ0v) is 12.3. The number of hydrogen-bond donors (Lipinski definition) is 3. The van der Waals surface area contributed by atoms with Crippen molar-refractivity contribution in [3.05, 3.63) is 32.6 Å². The van der Waals surface area contributed by atoms with Gasteiger partial charge < -0.3 is 10.4 Å². The standard InChI is InChI=1S/C14H21N3O4/c1-3-11(9-4-10(18)5-9)15-12(19)7-17-6-8(2)13(20)16-14(17)21/h6,9-11,18H,3-5,7H2,1-2H3,(H,15,19)(H,16,20,21)/t9?,10?,11-/m1/s1. The number of aromatic amines is 1. The van der Waals surface area contributed by atoms with Crippen LogP contribution >= 0.6 is 0 Å². The van der Waals surface area contributed by atoms with Crippen molar-refractivity contribution in [1.29, 1.82) is 0 Å². The van der Waals surface area contributed by atoms with E-state index in [0.717, 1.165) is 6.42 Å². The highest BCUT2D eigenvalue weighted by atomic mass is 16.3. The van der Waals surface area contributed by atoms with Crippen molar-refractivity contribution in [2.75, 3.05) is 0 Å². The molecule has 0 bridgehead atoms. The van der Waals surface area contributed by atoms with Crippen LogP contribution in [0.2, 0.25) is 0 Å². The second kappa shape index (κ2) is 6.26. The van der Waals surface area contributed by atoms with Crippen molar-refractivity contribution in [3.8, 4) is 0 Å². The Kier molecular flexibility index (Phi) is 4.62. The summed E-state index contributed by atoms with van der Waals surface area (Å²) in [6.07, 6.45) is 3.32. The van der Waals surface area contributed by atoms with E-state index >= 15 is 0 Å². The maximum Gasteiger partial charge on any atom is 0.328 e. The third-order valence-electron chi connectivity index (χ3n) is 4.01. The normalized spacial score (nSPS) is 22.4. The average Bonchev–Trinajstić information content (AvgIpc) is 2.39. The molecule has 7 nitrogen and oxygen atoms in total. The largest absolute Gasteiger partial charge is 0.393 e. The average molecular weight is 295 g/mol. The van der Waals surface area contributed by atoms with Gasteiger partial charge in [-0.25, -0.2) is 4.79 Å². The van der Waals surface area contributed by atoms with Gasteiger partial charge in [0, 0.05) is 17.8 Å². The number of nitrogens with zero attached hydrogens (tertiary/aromatic N) is 1. The van der Waals surface area contributed by atoms with E-state index < -0.39 is 11.2 Å². The number of aromatic nitrogens is 2. The highest BCUT2D eigenvalue weighted by Crippen LogP contribution is 2.31. The maximum atomic E-state index is 12.0. The molecule has 1 aliphatic rings. The summed E-state index contributed by atoms with van der Waals surface area (Å²) in [5, 5.41) is 12.2. The summed E-state index contributed by atoms with van der Waals surface area (Å²) in [6.45, 7) is 3.44. The van der Waals surface area contributed by atoms with Gasteiger partial charge in [-0.05, 0) is 32.1 Å². The highest BCUT2D eigenvalue weighted by molar-refractivity contribution is 5.76. The van der Waals surface area contributed by atoms with E-state index in [9.17, 15) is 19.5 Å². The second-order valence-electron chi connectivity index (χ2n) is 5.67. The fourth-order valence-electron chi connectivity index (χ4n) is 2.65. The van der Waals surface area contributed by atoms with Gasteiger partial charge in [0.15, 0.2) is 0 Å². The Bertz CT molecular complexity index is 628. The SMILES string of the molecule is CC[C@@H](NC(=O)Cn1cc(C)c(=O)[nH]c1=O)C1CC(O)C1. The van der Waals surface area contributed by atoms with Gasteiger partial charge in [0.25, 0.3) is 5.56 Å². The zero-order valence-electron chi connectivity index (χ0n) is 12.3. The molecule has 1 heterocycles. The Hall–Kier alpha value is -1.89. The topological polar surface area (TPSA) is 104 Å². The van der Waals surface area contributed by atoms with E-state index in [1.165, 1.54) is 10.8 Å². The van der Waals surface area contributed by atoms with E-state index in [0.29, 0.717) is 24.3 Å². The molecule has 1 fully saturated rings. The Morgan fingerprint density at radius 3 is 2.76 bits per heavy atom. The van der Waals surface area contributed by atoms with Crippen LogP contribution in [0.5, 0.6) is 0 Å². The molecule has 1 saturated carbocycles. The fourth-order valence-corrected chi connectivity index (χ4v) is 2.65. The lowest BCUT2D eigenvalue weighted by Crippen LogP contribution is -2.48. The summed E-state index contributed by atoms with van der Waals surface area (Å²) in [5.41, 5.74) is -0.643. The van der Waals surface area contributed by atoms with Gasteiger partial charge in [0.2, 0.25) is 5.91 Å². The van der Waals surface area contributed by atoms with Crippen molar-refractivity contribution in [2.45, 2.75) is 51.8 Å². The van der Waals surface area contributed by atoms with Crippen LogP contribution < -0.4 is 16.6 Å². The van der Waals surface area contributed by atoms with E-state index in [4.69, 9.17) is 0 Å². The Labute approximate surface area is 122 Å². The lowest BCUT2D eigenvalue weighted by molar-refractivity contribution is -0.123. The number of amides is 1. The first kappa shape index (κ1) is 15.5. The van der Waals surface area contributed by atoms with Crippen LogP contribution in [-0.4, -0.2) is 32.7 Å². The molecule has 0 spiro atoms. The van der Waals surface area contributed by atoms with E-state index in [-0.39, 0.29) is 24.6 Å². The first-order valence-electron chi connectivity index (χ1n) is 7.18. The van der Waals surface area contributed by atoms with Crippen molar-refractivity contribution < 1.29 is 9.90 Å². The van der Waals surface area contributed by atoms with Crippen LogP contribution in [0.1, 0.15) is 31.7 Å². The molecule has 1 aromatic rings. The number of carbonyl (C=O) groups excluding carboxylic acids is 1. The number of aliphatic hydroxyl groups excluding tert-OH is 1. The molecule has 0 saturated heterocycles. The van der Waals surface area contributed by atoms with Gasteiger partial charge in [0.05, 0.1) is 6.10 Å². The molecular weight excluding hydrogens is 274 g/mol. The van der Waals surface area contributed by atoms with Crippen LogP contribution in [0.25, 0.3) is 0 Å². The Morgan fingerprint density at radius 2 is 2.19 bits per heavy atom. The third kappa shape index (κ3) is 3.60. The number of H-pyrrole nitrogens is 1. The maximum absolute atomic E-state index is 12.0. The molecule has 0 aromatic carbocycles. The number of hydrogen-bond acceptors (Lipinski definition) is 4. The van der Waals surface area contributed by atoms with Crippen LogP contribution in [0.3, 0.4) is 0 Å². The first-order chi connectivity index (χ1) is 9.90. The lowest BCUT2D eigenvalue weighted by Gasteiger charge is -2.37. The van der Waals surface area contributed by atoms with Crippen LogP contribution in [0.4, 0.5) is 0 Å². The number of aryl methyl sites for hydroxylation is 1. The Morgan fingerprint density at radius 1 is 1.52 bits per heavy atom.